The average molecular weight is 212 g/mol. The van der Waals surface area contributed by atoms with Crippen LogP contribution >= 0.6 is 23.4 Å². The second-order valence-corrected chi connectivity index (χ2v) is 4.25. The number of halogens is 1. The third-order valence-electron chi connectivity index (χ3n) is 1.60. The summed E-state index contributed by atoms with van der Waals surface area (Å²) in [5.41, 5.74) is 0.810. The van der Waals surface area contributed by atoms with Crippen LogP contribution in [0.1, 0.15) is 0 Å². The van der Waals surface area contributed by atoms with Crippen LogP contribution in [0.5, 0.6) is 0 Å². The van der Waals surface area contributed by atoms with Crippen LogP contribution in [0, 0.1) is 0 Å². The van der Waals surface area contributed by atoms with Gasteiger partial charge in [0.15, 0.2) is 0 Å². The summed E-state index contributed by atoms with van der Waals surface area (Å²) in [7, 11) is 0. The summed E-state index contributed by atoms with van der Waals surface area (Å²) in [6.45, 7) is 0. The normalized spacial score (nSPS) is 15.5. The molecule has 0 aliphatic carbocycles. The molecular formula is C9H6ClNOS. The van der Waals surface area contributed by atoms with Crippen molar-refractivity contribution in [3.63, 3.8) is 0 Å². The van der Waals surface area contributed by atoms with Gasteiger partial charge in [0, 0.05) is 11.0 Å². The van der Waals surface area contributed by atoms with E-state index in [4.69, 9.17) is 11.6 Å². The maximum atomic E-state index is 11.2. The third-order valence-corrected chi connectivity index (χ3v) is 2.83. The maximum Gasteiger partial charge on any atom is 0.250 e. The molecule has 1 aromatic carbocycles. The molecule has 0 aromatic heterocycles. The van der Waals surface area contributed by atoms with Crippen LogP contribution in [0.2, 0.25) is 0 Å². The molecule has 0 saturated carbocycles. The number of hydrogen-bond donors (Lipinski definition) is 1. The monoisotopic (exact) mass is 211 g/mol. The van der Waals surface area contributed by atoms with Gasteiger partial charge >= 0.3 is 0 Å². The van der Waals surface area contributed by atoms with Gasteiger partial charge in [-0.2, -0.15) is 0 Å². The van der Waals surface area contributed by atoms with E-state index in [1.54, 1.807) is 0 Å². The molecule has 1 aromatic rings. The number of rotatable bonds is 0. The molecular weight excluding hydrogens is 206 g/mol. The molecule has 0 fully saturated rings. The largest absolute Gasteiger partial charge is 0.321 e. The highest BCUT2D eigenvalue weighted by Gasteiger charge is 2.11. The van der Waals surface area contributed by atoms with Crippen molar-refractivity contribution in [2.24, 2.45) is 0 Å². The van der Waals surface area contributed by atoms with Crippen LogP contribution in [0.3, 0.4) is 0 Å². The second-order valence-electron chi connectivity index (χ2n) is 2.54. The fourth-order valence-electron chi connectivity index (χ4n) is 1.07. The molecule has 1 N–H and O–H groups in total. The first kappa shape index (κ1) is 8.66. The smallest absolute Gasteiger partial charge is 0.250 e. The summed E-state index contributed by atoms with van der Waals surface area (Å²) in [5.74, 6) is -0.178. The lowest BCUT2D eigenvalue weighted by atomic mass is 10.3. The number of nitrogens with one attached hydrogen (secondary N) is 1. The Balaban J connectivity index is 2.46. The molecule has 0 saturated heterocycles. The van der Waals surface area contributed by atoms with Gasteiger partial charge in [0.1, 0.15) is 0 Å². The number of anilines is 1. The van der Waals surface area contributed by atoms with E-state index in [1.807, 2.05) is 24.3 Å². The first-order chi connectivity index (χ1) is 6.25. The van der Waals surface area contributed by atoms with E-state index in [0.29, 0.717) is 4.36 Å². The molecule has 0 atom stereocenters. The number of benzene rings is 1. The van der Waals surface area contributed by atoms with Crippen molar-refractivity contribution in [1.82, 2.24) is 0 Å². The lowest BCUT2D eigenvalue weighted by molar-refractivity contribution is -0.111. The minimum absolute atomic E-state index is 0.178. The van der Waals surface area contributed by atoms with Gasteiger partial charge in [0.25, 0.3) is 0 Å². The highest BCUT2D eigenvalue weighted by molar-refractivity contribution is 8.04. The van der Waals surface area contributed by atoms with Gasteiger partial charge in [-0.15, -0.1) is 0 Å². The Bertz CT molecular complexity index is 389. The van der Waals surface area contributed by atoms with Crippen LogP contribution in [-0.4, -0.2) is 5.91 Å². The molecule has 4 heteroatoms. The van der Waals surface area contributed by atoms with Crippen molar-refractivity contribution >= 4 is 35.0 Å². The Hall–Kier alpha value is -0.930. The highest BCUT2D eigenvalue weighted by Crippen LogP contribution is 2.36. The fraction of sp³-hybridized carbons (Fsp3) is 0. The number of para-hydroxylation sites is 1. The van der Waals surface area contributed by atoms with Gasteiger partial charge in [-0.25, -0.2) is 0 Å². The molecule has 2 nitrogen and oxygen atoms in total. The van der Waals surface area contributed by atoms with Crippen molar-refractivity contribution in [3.05, 3.63) is 34.7 Å². The van der Waals surface area contributed by atoms with Crippen LogP contribution in [0.25, 0.3) is 0 Å². The van der Waals surface area contributed by atoms with E-state index in [9.17, 15) is 4.79 Å². The van der Waals surface area contributed by atoms with Crippen molar-refractivity contribution in [2.45, 2.75) is 4.90 Å². The number of amides is 1. The lowest BCUT2D eigenvalue weighted by Crippen LogP contribution is -2.06. The summed E-state index contributed by atoms with van der Waals surface area (Å²) in [6, 6.07) is 7.55. The van der Waals surface area contributed by atoms with E-state index >= 15 is 0 Å². The van der Waals surface area contributed by atoms with Crippen LogP contribution in [0.4, 0.5) is 5.69 Å². The van der Waals surface area contributed by atoms with Gasteiger partial charge < -0.3 is 5.32 Å². The number of thioether (sulfide) groups is 1. The number of carbonyl (C=O) groups is 1. The zero-order valence-corrected chi connectivity index (χ0v) is 8.15. The Morgan fingerprint density at radius 1 is 1.31 bits per heavy atom. The predicted molar refractivity (Wildman–Crippen MR) is 54.9 cm³/mol. The molecule has 0 bridgehead atoms. The van der Waals surface area contributed by atoms with Crippen molar-refractivity contribution < 1.29 is 4.79 Å². The first-order valence-corrected chi connectivity index (χ1v) is 4.90. The van der Waals surface area contributed by atoms with E-state index in [2.05, 4.69) is 5.32 Å². The molecule has 66 valence electrons. The van der Waals surface area contributed by atoms with Gasteiger partial charge in [-0.05, 0) is 12.1 Å². The summed E-state index contributed by atoms with van der Waals surface area (Å²) >= 11 is 7.19. The van der Waals surface area contributed by atoms with Gasteiger partial charge in [0.2, 0.25) is 5.91 Å². The van der Waals surface area contributed by atoms with Crippen molar-refractivity contribution in [2.75, 3.05) is 5.32 Å². The topological polar surface area (TPSA) is 29.1 Å². The number of hydrogen-bond acceptors (Lipinski definition) is 2. The molecule has 1 aliphatic heterocycles. The van der Waals surface area contributed by atoms with E-state index in [1.165, 1.54) is 17.8 Å². The van der Waals surface area contributed by atoms with Crippen molar-refractivity contribution in [1.29, 1.82) is 0 Å². The zero-order chi connectivity index (χ0) is 9.26. The zero-order valence-electron chi connectivity index (χ0n) is 6.58. The Morgan fingerprint density at radius 2 is 2.08 bits per heavy atom. The Morgan fingerprint density at radius 3 is 2.92 bits per heavy atom. The van der Waals surface area contributed by atoms with Gasteiger partial charge in [0.05, 0.1) is 10.1 Å². The maximum absolute atomic E-state index is 11.2. The molecule has 0 radical (unpaired) electrons. The number of carbonyl (C=O) groups excluding carboxylic acids is 1. The standard InChI is InChI=1S/C9H6ClNOS/c10-8-5-9(12)11-6-3-1-2-4-7(6)13-8/h1-5H,(H,11,12). The third kappa shape index (κ3) is 1.87. The van der Waals surface area contributed by atoms with E-state index in [0.717, 1.165) is 10.6 Å². The minimum Gasteiger partial charge on any atom is -0.321 e. The van der Waals surface area contributed by atoms with Crippen molar-refractivity contribution in [3.8, 4) is 0 Å². The average Bonchev–Trinajstić information content (AvgIpc) is 2.20. The molecule has 1 amide bonds. The predicted octanol–water partition coefficient (Wildman–Crippen LogP) is 2.81. The SMILES string of the molecule is O=C1C=C(Cl)Sc2ccccc2N1. The summed E-state index contributed by atoms with van der Waals surface area (Å²) in [6.07, 6.45) is 1.38. The Labute approximate surface area is 85.0 Å². The van der Waals surface area contributed by atoms with Gasteiger partial charge in [-0.1, -0.05) is 35.5 Å². The summed E-state index contributed by atoms with van der Waals surface area (Å²) in [4.78, 5) is 12.1. The van der Waals surface area contributed by atoms with Crippen LogP contribution in [0.15, 0.2) is 39.6 Å². The molecule has 0 unspecified atom stereocenters. The first-order valence-electron chi connectivity index (χ1n) is 3.71. The molecule has 1 aliphatic rings. The Kier molecular flexibility index (Phi) is 2.29. The highest BCUT2D eigenvalue weighted by atomic mass is 35.5. The van der Waals surface area contributed by atoms with Crippen LogP contribution < -0.4 is 5.32 Å². The molecule has 13 heavy (non-hydrogen) atoms. The quantitative estimate of drug-likeness (QED) is 0.715. The fourth-order valence-corrected chi connectivity index (χ4v) is 2.17. The second kappa shape index (κ2) is 3.44. The minimum atomic E-state index is -0.178. The molecule has 2 rings (SSSR count). The lowest BCUT2D eigenvalue weighted by Gasteiger charge is -2.03. The van der Waals surface area contributed by atoms with Gasteiger partial charge in [-0.3, -0.25) is 4.79 Å². The van der Waals surface area contributed by atoms with E-state index in [-0.39, 0.29) is 5.91 Å². The molecule has 1 heterocycles. The van der Waals surface area contributed by atoms with E-state index < -0.39 is 0 Å². The summed E-state index contributed by atoms with van der Waals surface area (Å²) < 4.78 is 0.488. The molecule has 0 spiro atoms. The number of fused-ring (bicyclic) bond motifs is 1. The summed E-state index contributed by atoms with van der Waals surface area (Å²) in [5, 5.41) is 2.73. The van der Waals surface area contributed by atoms with Crippen LogP contribution in [-0.2, 0) is 4.79 Å².